The predicted octanol–water partition coefficient (Wildman–Crippen LogP) is 7.33. The molecule has 3 aromatic rings. The van der Waals surface area contributed by atoms with Crippen LogP contribution in [0, 0.1) is 0 Å². The molecule has 1 amide bonds. The molecule has 0 unspecified atom stereocenters. The minimum absolute atomic E-state index is 0.0729. The van der Waals surface area contributed by atoms with Crippen molar-refractivity contribution in [1.29, 1.82) is 0 Å². The molecule has 0 atom stereocenters. The van der Waals surface area contributed by atoms with Crippen molar-refractivity contribution < 1.29 is 19.0 Å². The highest BCUT2D eigenvalue weighted by atomic mass is 16.7. The number of carbonyl (C=O) groups excluding carboxylic acids is 1. The highest BCUT2D eigenvalue weighted by Gasteiger charge is 2.28. The zero-order chi connectivity index (χ0) is 32.5. The van der Waals surface area contributed by atoms with Crippen molar-refractivity contribution >= 4 is 22.9 Å². The van der Waals surface area contributed by atoms with Gasteiger partial charge in [0, 0.05) is 54.5 Å². The van der Waals surface area contributed by atoms with Crippen molar-refractivity contribution in [2.24, 2.45) is 0 Å². The Morgan fingerprint density at radius 1 is 1.00 bits per heavy atom. The quantitative estimate of drug-likeness (QED) is 0.0912. The van der Waals surface area contributed by atoms with E-state index in [1.54, 1.807) is 13.2 Å². The van der Waals surface area contributed by atoms with E-state index in [0.29, 0.717) is 25.7 Å². The summed E-state index contributed by atoms with van der Waals surface area (Å²) < 4.78 is 16.9. The first-order valence-corrected chi connectivity index (χ1v) is 16.3. The van der Waals surface area contributed by atoms with Crippen LogP contribution in [0.1, 0.15) is 82.6 Å². The normalized spacial score (nSPS) is 15.4. The Kier molecular flexibility index (Phi) is 12.1. The lowest BCUT2D eigenvalue weighted by Gasteiger charge is -2.31. The highest BCUT2D eigenvalue weighted by molar-refractivity contribution is 5.88. The van der Waals surface area contributed by atoms with Gasteiger partial charge in [-0.25, -0.2) is 0 Å². The average molecular weight is 616 g/mol. The zero-order valence-corrected chi connectivity index (χ0v) is 28.4. The Morgan fingerprint density at radius 2 is 1.69 bits per heavy atom. The summed E-state index contributed by atoms with van der Waals surface area (Å²) in [7, 11) is 1.66. The smallest absolute Gasteiger partial charge is 0.244 e. The number of allylic oxidation sites excluding steroid dienone is 2. The first-order chi connectivity index (χ1) is 21.5. The molecule has 2 N–H and O–H groups in total. The highest BCUT2D eigenvalue weighted by Crippen LogP contribution is 2.41. The SMILES string of the molecule is COCCOCOc1c(C(C)(C)C)cc(/C=C/C=C/C(=O)NCCN2CCC(c3c[nH]c4ccccc34)CC2)cc1C(C)(C)C. The van der Waals surface area contributed by atoms with Crippen LogP contribution in [-0.4, -0.2) is 69.1 Å². The maximum absolute atomic E-state index is 12.5. The van der Waals surface area contributed by atoms with Crippen molar-refractivity contribution in [1.82, 2.24) is 15.2 Å². The Balaban J connectivity index is 1.28. The first kappa shape index (κ1) is 34.5. The molecule has 45 heavy (non-hydrogen) atoms. The predicted molar refractivity (Wildman–Crippen MR) is 185 cm³/mol. The third-order valence-electron chi connectivity index (χ3n) is 8.47. The van der Waals surface area contributed by atoms with E-state index in [2.05, 4.69) is 99.3 Å². The summed E-state index contributed by atoms with van der Waals surface area (Å²) in [6, 6.07) is 12.9. The lowest BCUT2D eigenvalue weighted by atomic mass is 9.78. The molecule has 1 aliphatic heterocycles. The largest absolute Gasteiger partial charge is 0.467 e. The summed E-state index contributed by atoms with van der Waals surface area (Å²) in [5.41, 5.74) is 5.70. The summed E-state index contributed by atoms with van der Waals surface area (Å²) in [5, 5.41) is 4.39. The van der Waals surface area contributed by atoms with E-state index in [9.17, 15) is 4.79 Å². The van der Waals surface area contributed by atoms with Gasteiger partial charge in [0.2, 0.25) is 5.91 Å². The maximum Gasteiger partial charge on any atom is 0.244 e. The van der Waals surface area contributed by atoms with Gasteiger partial charge in [0.15, 0.2) is 6.79 Å². The van der Waals surface area contributed by atoms with Gasteiger partial charge in [-0.1, -0.05) is 78.0 Å². The number of amides is 1. The van der Waals surface area contributed by atoms with E-state index >= 15 is 0 Å². The second kappa shape index (κ2) is 15.7. The molecule has 7 nitrogen and oxygen atoms in total. The van der Waals surface area contributed by atoms with Gasteiger partial charge in [0.25, 0.3) is 0 Å². The fraction of sp³-hybridized carbons (Fsp3) is 0.500. The number of likely N-dealkylation sites (tertiary alicyclic amines) is 1. The van der Waals surface area contributed by atoms with Crippen molar-refractivity contribution in [3.63, 3.8) is 0 Å². The number of rotatable bonds is 13. The lowest BCUT2D eigenvalue weighted by molar-refractivity contribution is -0.116. The summed E-state index contributed by atoms with van der Waals surface area (Å²) in [6.45, 7) is 18.0. The number of aromatic amines is 1. The molecule has 0 saturated carbocycles. The van der Waals surface area contributed by atoms with Gasteiger partial charge >= 0.3 is 0 Å². The fourth-order valence-corrected chi connectivity index (χ4v) is 5.92. The van der Waals surface area contributed by atoms with E-state index in [4.69, 9.17) is 14.2 Å². The Bertz CT molecular complexity index is 1410. The number of ether oxygens (including phenoxy) is 3. The van der Waals surface area contributed by atoms with E-state index in [1.165, 1.54) is 16.5 Å². The van der Waals surface area contributed by atoms with Crippen LogP contribution in [0.15, 0.2) is 60.8 Å². The maximum atomic E-state index is 12.5. The van der Waals surface area contributed by atoms with Crippen LogP contribution in [0.3, 0.4) is 0 Å². The molecular weight excluding hydrogens is 562 g/mol. The molecule has 7 heteroatoms. The summed E-state index contributed by atoms with van der Waals surface area (Å²) in [5.74, 6) is 1.39. The molecule has 1 aliphatic rings. The van der Waals surface area contributed by atoms with Crippen LogP contribution in [0.2, 0.25) is 0 Å². The topological polar surface area (TPSA) is 75.8 Å². The summed E-state index contributed by atoms with van der Waals surface area (Å²) in [6.07, 6.45) is 11.9. The molecule has 2 aromatic carbocycles. The number of carbonyl (C=O) groups is 1. The van der Waals surface area contributed by atoms with Crippen molar-refractivity contribution in [2.45, 2.75) is 71.1 Å². The second-order valence-electron chi connectivity index (χ2n) is 14.0. The zero-order valence-electron chi connectivity index (χ0n) is 28.4. The number of piperidine rings is 1. The van der Waals surface area contributed by atoms with Crippen LogP contribution in [0.4, 0.5) is 0 Å². The van der Waals surface area contributed by atoms with Gasteiger partial charge in [0.05, 0.1) is 13.2 Å². The number of nitrogens with one attached hydrogen (secondary N) is 2. The third-order valence-corrected chi connectivity index (χ3v) is 8.47. The minimum Gasteiger partial charge on any atom is -0.467 e. The van der Waals surface area contributed by atoms with Crippen molar-refractivity contribution in [2.75, 3.05) is 53.3 Å². The molecule has 0 bridgehead atoms. The molecule has 0 aliphatic carbocycles. The van der Waals surface area contributed by atoms with Crippen LogP contribution in [0.25, 0.3) is 17.0 Å². The number of H-pyrrole nitrogens is 1. The molecule has 244 valence electrons. The Hall–Kier alpha value is -3.39. The van der Waals surface area contributed by atoms with E-state index in [0.717, 1.165) is 54.9 Å². The number of hydrogen-bond acceptors (Lipinski definition) is 5. The van der Waals surface area contributed by atoms with E-state index < -0.39 is 0 Å². The number of fused-ring (bicyclic) bond motifs is 1. The number of aromatic nitrogens is 1. The van der Waals surface area contributed by atoms with Gasteiger partial charge in [-0.3, -0.25) is 4.79 Å². The number of benzene rings is 2. The molecule has 2 heterocycles. The van der Waals surface area contributed by atoms with Gasteiger partial charge in [0.1, 0.15) is 5.75 Å². The van der Waals surface area contributed by atoms with Crippen LogP contribution >= 0.6 is 0 Å². The second-order valence-corrected chi connectivity index (χ2v) is 14.0. The van der Waals surface area contributed by atoms with Gasteiger partial charge in [-0.15, -0.1) is 0 Å². The van der Waals surface area contributed by atoms with Gasteiger partial charge in [-0.2, -0.15) is 0 Å². The monoisotopic (exact) mass is 615 g/mol. The molecule has 1 aromatic heterocycles. The molecule has 1 saturated heterocycles. The van der Waals surface area contributed by atoms with E-state index in [1.807, 2.05) is 18.2 Å². The van der Waals surface area contributed by atoms with Gasteiger partial charge < -0.3 is 29.4 Å². The van der Waals surface area contributed by atoms with Crippen molar-refractivity contribution in [3.8, 4) is 5.75 Å². The summed E-state index contributed by atoms with van der Waals surface area (Å²) in [4.78, 5) is 18.4. The fourth-order valence-electron chi connectivity index (χ4n) is 5.92. The van der Waals surface area contributed by atoms with E-state index in [-0.39, 0.29) is 23.5 Å². The summed E-state index contributed by atoms with van der Waals surface area (Å²) >= 11 is 0. The standard InChI is InChI=1S/C38H53N3O4/c1-37(2,3)32-24-28(25-33(38(4,5)6)36(32)45-27-44-23-22-43-7)12-8-11-15-35(42)39-18-21-41-19-16-29(17-20-41)31-26-40-34-14-10-9-13-30(31)34/h8-15,24-26,29,40H,16-23,27H2,1-7H3,(H,39,42)/b12-8+,15-11+. The first-order valence-electron chi connectivity index (χ1n) is 16.3. The minimum atomic E-state index is -0.132. The number of methoxy groups -OCH3 is 1. The Morgan fingerprint density at radius 3 is 2.36 bits per heavy atom. The van der Waals surface area contributed by atoms with Crippen LogP contribution < -0.4 is 10.1 Å². The van der Waals surface area contributed by atoms with Gasteiger partial charge in [-0.05, 0) is 72.0 Å². The third kappa shape index (κ3) is 9.80. The number of para-hydroxylation sites is 1. The lowest BCUT2D eigenvalue weighted by Crippen LogP contribution is -2.38. The Labute approximate surface area is 270 Å². The number of nitrogens with zero attached hydrogens (tertiary/aromatic N) is 1. The molecule has 4 rings (SSSR count). The number of hydrogen-bond donors (Lipinski definition) is 2. The molecule has 0 spiro atoms. The van der Waals surface area contributed by atoms with Crippen molar-refractivity contribution in [3.05, 3.63) is 83.1 Å². The molecular formula is C38H53N3O4. The molecule has 1 fully saturated rings. The van der Waals surface area contributed by atoms with Crippen LogP contribution in [-0.2, 0) is 25.1 Å². The van der Waals surface area contributed by atoms with Crippen LogP contribution in [0.5, 0.6) is 5.75 Å². The molecule has 0 radical (unpaired) electrons. The average Bonchev–Trinajstić information content (AvgIpc) is 3.43.